The Hall–Kier alpha value is -1.52. The average Bonchev–Trinajstić information content (AvgIpc) is 2.75. The molecule has 1 heterocycles. The van der Waals surface area contributed by atoms with Crippen molar-refractivity contribution in [2.45, 2.75) is 38.8 Å². The maximum absolute atomic E-state index is 10.7. The molecule has 1 saturated carbocycles. The molecule has 16 heavy (non-hydrogen) atoms. The molecule has 5 nitrogen and oxygen atoms in total. The van der Waals surface area contributed by atoms with Crippen LogP contribution in [0.2, 0.25) is 0 Å². The Kier molecular flexibility index (Phi) is 2.61. The Balaban J connectivity index is 2.17. The lowest BCUT2D eigenvalue weighted by Crippen LogP contribution is -2.43. The molecule has 1 fully saturated rings. The smallest absolute Gasteiger partial charge is 0.404 e. The van der Waals surface area contributed by atoms with Crippen LogP contribution in [0.5, 0.6) is 0 Å². The average molecular weight is 223 g/mol. The predicted molar refractivity (Wildman–Crippen MR) is 59.2 cm³/mol. The van der Waals surface area contributed by atoms with Gasteiger partial charge in [-0.3, -0.25) is 0 Å². The molecule has 1 amide bonds. The van der Waals surface area contributed by atoms with Crippen molar-refractivity contribution < 1.29 is 9.90 Å². The minimum Gasteiger partial charge on any atom is -0.465 e. The van der Waals surface area contributed by atoms with Gasteiger partial charge in [0.15, 0.2) is 0 Å². The fourth-order valence-electron chi connectivity index (χ4n) is 2.70. The first kappa shape index (κ1) is 11.0. The van der Waals surface area contributed by atoms with Crippen LogP contribution in [0.25, 0.3) is 0 Å². The molecular weight excluding hydrogens is 206 g/mol. The van der Waals surface area contributed by atoms with E-state index in [1.165, 1.54) is 0 Å². The number of hydrogen-bond acceptors (Lipinski definition) is 2. The quantitative estimate of drug-likeness (QED) is 0.804. The highest BCUT2D eigenvalue weighted by molar-refractivity contribution is 5.65. The SMILES string of the molecule is CC1(C)C(NC(=O)O)CCC1n1ccnc1. The Morgan fingerprint density at radius 2 is 2.31 bits per heavy atom. The summed E-state index contributed by atoms with van der Waals surface area (Å²) in [5, 5.41) is 11.4. The Bertz CT molecular complexity index is 373. The Morgan fingerprint density at radius 3 is 2.88 bits per heavy atom. The number of carbonyl (C=O) groups is 1. The topological polar surface area (TPSA) is 67.2 Å². The maximum Gasteiger partial charge on any atom is 0.404 e. The molecule has 0 saturated heterocycles. The summed E-state index contributed by atoms with van der Waals surface area (Å²) in [6.45, 7) is 4.20. The van der Waals surface area contributed by atoms with Gasteiger partial charge in [0.05, 0.1) is 6.33 Å². The van der Waals surface area contributed by atoms with Gasteiger partial charge in [-0.25, -0.2) is 9.78 Å². The Labute approximate surface area is 94.5 Å². The third-order valence-electron chi connectivity index (χ3n) is 3.67. The van der Waals surface area contributed by atoms with Crippen LogP contribution in [0.4, 0.5) is 4.79 Å². The minimum absolute atomic E-state index is 0.0115. The number of imidazole rings is 1. The van der Waals surface area contributed by atoms with Crippen LogP contribution >= 0.6 is 0 Å². The molecule has 5 heteroatoms. The van der Waals surface area contributed by atoms with Crippen LogP contribution < -0.4 is 5.32 Å². The van der Waals surface area contributed by atoms with E-state index >= 15 is 0 Å². The van der Waals surface area contributed by atoms with Gasteiger partial charge in [-0.15, -0.1) is 0 Å². The minimum atomic E-state index is -0.940. The number of rotatable bonds is 2. The van der Waals surface area contributed by atoms with Crippen molar-refractivity contribution in [1.82, 2.24) is 14.9 Å². The molecule has 88 valence electrons. The maximum atomic E-state index is 10.7. The molecule has 2 atom stereocenters. The lowest BCUT2D eigenvalue weighted by molar-refractivity contribution is 0.166. The van der Waals surface area contributed by atoms with Gasteiger partial charge >= 0.3 is 6.09 Å². The van der Waals surface area contributed by atoms with E-state index in [0.29, 0.717) is 6.04 Å². The summed E-state index contributed by atoms with van der Waals surface area (Å²) >= 11 is 0. The number of hydrogen-bond donors (Lipinski definition) is 2. The molecule has 2 N–H and O–H groups in total. The molecular formula is C11H17N3O2. The van der Waals surface area contributed by atoms with Crippen molar-refractivity contribution in [3.05, 3.63) is 18.7 Å². The summed E-state index contributed by atoms with van der Waals surface area (Å²) in [4.78, 5) is 14.8. The van der Waals surface area contributed by atoms with Crippen molar-refractivity contribution in [3.63, 3.8) is 0 Å². The number of nitrogens with zero attached hydrogens (tertiary/aromatic N) is 2. The van der Waals surface area contributed by atoms with Gasteiger partial charge in [-0.05, 0) is 12.8 Å². The van der Waals surface area contributed by atoms with Crippen molar-refractivity contribution >= 4 is 6.09 Å². The molecule has 1 aromatic rings. The summed E-state index contributed by atoms with van der Waals surface area (Å²) < 4.78 is 2.07. The van der Waals surface area contributed by atoms with Crippen LogP contribution in [-0.2, 0) is 0 Å². The predicted octanol–water partition coefficient (Wildman–Crippen LogP) is 1.88. The van der Waals surface area contributed by atoms with Crippen LogP contribution in [0.3, 0.4) is 0 Å². The molecule has 1 aliphatic rings. The van der Waals surface area contributed by atoms with Gasteiger partial charge in [0.25, 0.3) is 0 Å². The monoisotopic (exact) mass is 223 g/mol. The van der Waals surface area contributed by atoms with Gasteiger partial charge in [-0.1, -0.05) is 13.8 Å². The highest BCUT2D eigenvalue weighted by atomic mass is 16.4. The van der Waals surface area contributed by atoms with E-state index < -0.39 is 6.09 Å². The van der Waals surface area contributed by atoms with Gasteiger partial charge in [-0.2, -0.15) is 0 Å². The zero-order valence-corrected chi connectivity index (χ0v) is 9.55. The zero-order chi connectivity index (χ0) is 11.8. The van der Waals surface area contributed by atoms with Crippen molar-refractivity contribution in [2.75, 3.05) is 0 Å². The van der Waals surface area contributed by atoms with E-state index in [-0.39, 0.29) is 11.5 Å². The van der Waals surface area contributed by atoms with E-state index in [9.17, 15) is 4.79 Å². The van der Waals surface area contributed by atoms with E-state index in [0.717, 1.165) is 12.8 Å². The first-order chi connectivity index (χ1) is 7.51. The second-order valence-electron chi connectivity index (χ2n) is 4.93. The number of amides is 1. The zero-order valence-electron chi connectivity index (χ0n) is 9.55. The van der Waals surface area contributed by atoms with Crippen LogP contribution in [0, 0.1) is 5.41 Å². The first-order valence-corrected chi connectivity index (χ1v) is 5.48. The van der Waals surface area contributed by atoms with E-state index in [1.54, 1.807) is 12.5 Å². The van der Waals surface area contributed by atoms with Crippen molar-refractivity contribution in [1.29, 1.82) is 0 Å². The van der Waals surface area contributed by atoms with Crippen LogP contribution in [-0.4, -0.2) is 26.8 Å². The standard InChI is InChI=1S/C11H17N3O2/c1-11(2)8(13-10(15)16)3-4-9(11)14-6-5-12-7-14/h5-9,13H,3-4H2,1-2H3,(H,15,16). The molecule has 1 aliphatic carbocycles. The molecule has 0 bridgehead atoms. The van der Waals surface area contributed by atoms with Gasteiger partial charge < -0.3 is 15.0 Å². The normalized spacial score (nSPS) is 27.9. The summed E-state index contributed by atoms with van der Waals surface area (Å²) in [6, 6.07) is 0.323. The number of nitrogens with one attached hydrogen (secondary N) is 1. The summed E-state index contributed by atoms with van der Waals surface area (Å²) in [5.74, 6) is 0. The highest BCUT2D eigenvalue weighted by Crippen LogP contribution is 2.45. The molecule has 2 unspecified atom stereocenters. The molecule has 0 aromatic carbocycles. The Morgan fingerprint density at radius 1 is 1.56 bits per heavy atom. The van der Waals surface area contributed by atoms with E-state index in [1.807, 2.05) is 6.20 Å². The fourth-order valence-corrected chi connectivity index (χ4v) is 2.70. The first-order valence-electron chi connectivity index (χ1n) is 5.48. The second-order valence-corrected chi connectivity index (χ2v) is 4.93. The van der Waals surface area contributed by atoms with Gasteiger partial charge in [0.1, 0.15) is 0 Å². The van der Waals surface area contributed by atoms with E-state index in [4.69, 9.17) is 5.11 Å². The molecule has 0 spiro atoms. The summed E-state index contributed by atoms with van der Waals surface area (Å²) in [5.41, 5.74) is -0.0842. The molecule has 0 aliphatic heterocycles. The van der Waals surface area contributed by atoms with Crippen LogP contribution in [0.1, 0.15) is 32.7 Å². The van der Waals surface area contributed by atoms with Crippen molar-refractivity contribution in [3.8, 4) is 0 Å². The summed E-state index contributed by atoms with van der Waals surface area (Å²) in [7, 11) is 0. The summed E-state index contributed by atoms with van der Waals surface area (Å²) in [6.07, 6.45) is 6.42. The van der Waals surface area contributed by atoms with Gasteiger partial charge in [0, 0.05) is 29.9 Å². The van der Waals surface area contributed by atoms with Crippen LogP contribution in [0.15, 0.2) is 18.7 Å². The fraction of sp³-hybridized carbons (Fsp3) is 0.636. The molecule has 0 radical (unpaired) electrons. The number of aromatic nitrogens is 2. The third kappa shape index (κ3) is 1.77. The van der Waals surface area contributed by atoms with Crippen molar-refractivity contribution in [2.24, 2.45) is 5.41 Å². The lowest BCUT2D eigenvalue weighted by Gasteiger charge is -2.33. The second kappa shape index (κ2) is 3.81. The number of carboxylic acid groups (broad SMARTS) is 1. The van der Waals surface area contributed by atoms with E-state index in [2.05, 4.69) is 28.7 Å². The molecule has 1 aromatic heterocycles. The lowest BCUT2D eigenvalue weighted by atomic mass is 9.83. The third-order valence-corrected chi connectivity index (χ3v) is 3.67. The highest BCUT2D eigenvalue weighted by Gasteiger charge is 2.44. The largest absolute Gasteiger partial charge is 0.465 e. The molecule has 2 rings (SSSR count). The van der Waals surface area contributed by atoms with Gasteiger partial charge in [0.2, 0.25) is 0 Å².